The summed E-state index contributed by atoms with van der Waals surface area (Å²) in [6, 6.07) is 0. The third kappa shape index (κ3) is 3.21. The highest BCUT2D eigenvalue weighted by Gasteiger charge is 2.52. The van der Waals surface area contributed by atoms with Crippen molar-refractivity contribution in [2.45, 2.75) is 83.5 Å². The fourth-order valence-electron chi connectivity index (χ4n) is 4.63. The average Bonchev–Trinajstić information content (AvgIpc) is 2.55. The number of fused-ring (bicyclic) bond motifs is 2. The molecule has 3 rings (SSSR count). The fraction of sp³-hybridized carbons (Fsp3) is 0.762. The molecule has 2 nitrogen and oxygen atoms in total. The van der Waals surface area contributed by atoms with Gasteiger partial charge >= 0.3 is 0 Å². The lowest BCUT2D eigenvalue weighted by Crippen LogP contribution is -2.53. The third-order valence-corrected chi connectivity index (χ3v) is 12.1. The first-order chi connectivity index (χ1) is 11.6. The second kappa shape index (κ2) is 6.65. The molecule has 0 aromatic heterocycles. The molecule has 0 amide bonds. The van der Waals surface area contributed by atoms with Gasteiger partial charge in [0.15, 0.2) is 14.1 Å². The summed E-state index contributed by atoms with van der Waals surface area (Å²) >= 11 is 6.60. The molecular weight excluding hydrogens is 348 g/mol. The normalized spacial score (nSPS) is 33.3. The van der Waals surface area contributed by atoms with Gasteiger partial charge in [-0.1, -0.05) is 38.5 Å². The Kier molecular flexibility index (Phi) is 5.16. The van der Waals surface area contributed by atoms with Crippen molar-refractivity contribution in [3.63, 3.8) is 0 Å². The SMILES string of the molecule is CC(C)(C)[Si](C)(C)O[C@@H]1CC=C[C@]2(CCl)C3=C(CCCC3)C(=O)C[C@H]12. The van der Waals surface area contributed by atoms with Gasteiger partial charge < -0.3 is 4.43 Å². The van der Waals surface area contributed by atoms with E-state index in [2.05, 4.69) is 46.0 Å². The zero-order chi connectivity index (χ0) is 18.5. The van der Waals surface area contributed by atoms with E-state index in [9.17, 15) is 4.79 Å². The summed E-state index contributed by atoms with van der Waals surface area (Å²) in [6.07, 6.45) is 10.5. The van der Waals surface area contributed by atoms with E-state index in [0.29, 0.717) is 18.1 Å². The van der Waals surface area contributed by atoms with Gasteiger partial charge in [0.1, 0.15) is 0 Å². The number of ketones is 1. The average molecular weight is 381 g/mol. The molecule has 3 atom stereocenters. The minimum Gasteiger partial charge on any atom is -0.413 e. The minimum absolute atomic E-state index is 0.115. The standard InChI is InChI=1S/C21H33ClO2Si/c1-20(2,3)25(4,5)24-19-11-8-12-21(14-22)16-10-7-6-9-15(16)18(23)13-17(19)21/h8,12,17,19H,6-7,9-11,13-14H2,1-5H3/t17-,19-,21+/m1/s1. The van der Waals surface area contributed by atoms with Gasteiger partial charge in [-0.15, -0.1) is 11.6 Å². The van der Waals surface area contributed by atoms with E-state index in [1.165, 1.54) is 12.0 Å². The Balaban J connectivity index is 1.99. The van der Waals surface area contributed by atoms with E-state index in [4.69, 9.17) is 16.0 Å². The van der Waals surface area contributed by atoms with E-state index in [1.54, 1.807) is 0 Å². The summed E-state index contributed by atoms with van der Waals surface area (Å²) in [5.74, 6) is 1.13. The minimum atomic E-state index is -1.88. The number of Topliss-reactive ketones (excluding diaryl/α,β-unsaturated/α-hetero) is 1. The van der Waals surface area contributed by atoms with E-state index in [1.807, 2.05) is 0 Å². The largest absolute Gasteiger partial charge is 0.413 e. The van der Waals surface area contributed by atoms with Crippen LogP contribution in [0.2, 0.25) is 18.1 Å². The molecule has 0 spiro atoms. The van der Waals surface area contributed by atoms with Crippen LogP contribution in [-0.4, -0.2) is 26.1 Å². The molecule has 0 saturated heterocycles. The number of carbonyl (C=O) groups is 1. The lowest BCUT2D eigenvalue weighted by atomic mass is 9.57. The summed E-state index contributed by atoms with van der Waals surface area (Å²) < 4.78 is 6.82. The van der Waals surface area contributed by atoms with Gasteiger partial charge in [0.05, 0.1) is 6.10 Å². The van der Waals surface area contributed by atoms with E-state index < -0.39 is 8.32 Å². The van der Waals surface area contributed by atoms with Gasteiger partial charge in [0.2, 0.25) is 0 Å². The molecular formula is C21H33ClO2Si. The van der Waals surface area contributed by atoms with Crippen LogP contribution in [0.1, 0.15) is 59.3 Å². The van der Waals surface area contributed by atoms with Crippen LogP contribution in [0.4, 0.5) is 0 Å². The maximum atomic E-state index is 12.9. The molecule has 0 bridgehead atoms. The van der Waals surface area contributed by atoms with Crippen molar-refractivity contribution >= 4 is 25.7 Å². The summed E-state index contributed by atoms with van der Waals surface area (Å²) in [7, 11) is -1.88. The lowest BCUT2D eigenvalue weighted by molar-refractivity contribution is -0.120. The Hall–Kier alpha value is -0.383. The first-order valence-corrected chi connectivity index (χ1v) is 13.2. The summed E-state index contributed by atoms with van der Waals surface area (Å²) in [5, 5.41) is 0.172. The molecule has 140 valence electrons. The van der Waals surface area contributed by atoms with Crippen LogP contribution in [0.25, 0.3) is 0 Å². The molecule has 0 saturated carbocycles. The number of halogens is 1. The van der Waals surface area contributed by atoms with Crippen molar-refractivity contribution in [2.75, 3.05) is 5.88 Å². The number of carbonyl (C=O) groups excluding carboxylic acids is 1. The van der Waals surface area contributed by atoms with Crippen LogP contribution in [0.15, 0.2) is 23.3 Å². The Morgan fingerprint density at radius 1 is 1.28 bits per heavy atom. The smallest absolute Gasteiger partial charge is 0.192 e. The maximum absolute atomic E-state index is 12.9. The number of rotatable bonds is 3. The van der Waals surface area contributed by atoms with Crippen LogP contribution >= 0.6 is 11.6 Å². The van der Waals surface area contributed by atoms with Crippen molar-refractivity contribution in [1.82, 2.24) is 0 Å². The first-order valence-electron chi connectivity index (χ1n) is 9.79. The Morgan fingerprint density at radius 3 is 2.60 bits per heavy atom. The van der Waals surface area contributed by atoms with E-state index in [-0.39, 0.29) is 22.5 Å². The molecule has 0 aromatic rings. The molecule has 0 radical (unpaired) electrons. The predicted molar refractivity (Wildman–Crippen MR) is 108 cm³/mol. The zero-order valence-corrected chi connectivity index (χ0v) is 18.2. The van der Waals surface area contributed by atoms with E-state index in [0.717, 1.165) is 31.3 Å². The van der Waals surface area contributed by atoms with Crippen molar-refractivity contribution in [3.8, 4) is 0 Å². The van der Waals surface area contributed by atoms with Gasteiger partial charge in [0, 0.05) is 23.6 Å². The molecule has 0 aliphatic heterocycles. The highest BCUT2D eigenvalue weighted by Crippen LogP contribution is 2.55. The van der Waals surface area contributed by atoms with Gasteiger partial charge in [-0.3, -0.25) is 4.79 Å². The molecule has 0 heterocycles. The van der Waals surface area contributed by atoms with E-state index >= 15 is 0 Å². The third-order valence-electron chi connectivity index (χ3n) is 7.14. The summed E-state index contributed by atoms with van der Waals surface area (Å²) in [4.78, 5) is 12.9. The molecule has 3 aliphatic rings. The Bertz CT molecular complexity index is 614. The maximum Gasteiger partial charge on any atom is 0.192 e. The van der Waals surface area contributed by atoms with Gasteiger partial charge in [-0.25, -0.2) is 0 Å². The summed E-state index contributed by atoms with van der Waals surface area (Å²) in [5.41, 5.74) is 2.28. The molecule has 0 fully saturated rings. The number of hydrogen-bond acceptors (Lipinski definition) is 2. The van der Waals surface area contributed by atoms with Gasteiger partial charge in [-0.2, -0.15) is 0 Å². The van der Waals surface area contributed by atoms with Gasteiger partial charge in [0.25, 0.3) is 0 Å². The second-order valence-corrected chi connectivity index (χ2v) is 14.7. The summed E-state index contributed by atoms with van der Waals surface area (Å²) in [6.45, 7) is 11.5. The van der Waals surface area contributed by atoms with Crippen LogP contribution in [-0.2, 0) is 9.22 Å². The monoisotopic (exact) mass is 380 g/mol. The van der Waals surface area contributed by atoms with Crippen molar-refractivity contribution < 1.29 is 9.22 Å². The van der Waals surface area contributed by atoms with Crippen LogP contribution < -0.4 is 0 Å². The van der Waals surface area contributed by atoms with Crippen molar-refractivity contribution in [2.24, 2.45) is 11.3 Å². The molecule has 4 heteroatoms. The highest BCUT2D eigenvalue weighted by molar-refractivity contribution is 6.74. The van der Waals surface area contributed by atoms with Crippen LogP contribution in [0.3, 0.4) is 0 Å². The molecule has 3 aliphatic carbocycles. The zero-order valence-electron chi connectivity index (χ0n) is 16.5. The number of allylic oxidation sites excluding steroid dienone is 3. The second-order valence-electron chi connectivity index (χ2n) is 9.63. The molecule has 0 unspecified atom stereocenters. The molecule has 0 aromatic carbocycles. The Morgan fingerprint density at radius 2 is 1.96 bits per heavy atom. The first kappa shape index (κ1) is 19.4. The lowest BCUT2D eigenvalue weighted by Gasteiger charge is -2.52. The molecule has 0 N–H and O–H groups in total. The van der Waals surface area contributed by atoms with Crippen LogP contribution in [0, 0.1) is 11.3 Å². The van der Waals surface area contributed by atoms with Gasteiger partial charge in [-0.05, 0) is 55.8 Å². The number of alkyl halides is 1. The highest BCUT2D eigenvalue weighted by atomic mass is 35.5. The Labute approximate surface area is 159 Å². The molecule has 25 heavy (non-hydrogen) atoms. The van der Waals surface area contributed by atoms with Crippen molar-refractivity contribution in [3.05, 3.63) is 23.3 Å². The number of hydrogen-bond donors (Lipinski definition) is 0. The quantitative estimate of drug-likeness (QED) is 0.340. The van der Waals surface area contributed by atoms with Crippen molar-refractivity contribution in [1.29, 1.82) is 0 Å². The topological polar surface area (TPSA) is 26.3 Å². The predicted octanol–water partition coefficient (Wildman–Crippen LogP) is 6.02. The fourth-order valence-corrected chi connectivity index (χ4v) is 6.45. The van der Waals surface area contributed by atoms with Crippen LogP contribution in [0.5, 0.6) is 0 Å².